The Hall–Kier alpha value is -1.84. The first-order valence-electron chi connectivity index (χ1n) is 6.16. The van der Waals surface area contributed by atoms with Gasteiger partial charge in [0.1, 0.15) is 5.75 Å². The van der Waals surface area contributed by atoms with Gasteiger partial charge in [0.15, 0.2) is 0 Å². The minimum Gasteiger partial charge on any atom is -0.497 e. The lowest BCUT2D eigenvalue weighted by Crippen LogP contribution is -2.09. The van der Waals surface area contributed by atoms with Gasteiger partial charge in [-0.15, -0.1) is 11.3 Å². The standard InChI is InChI=1S/C16H15NOS/c1-18-13-8-6-11(7-9-13)16(17)15-10-12-4-2-3-5-14(12)19-15/h2-10,16H,17H2,1H3. The summed E-state index contributed by atoms with van der Waals surface area (Å²) < 4.78 is 6.44. The van der Waals surface area contributed by atoms with Crippen molar-refractivity contribution < 1.29 is 4.74 Å². The highest BCUT2D eigenvalue weighted by atomic mass is 32.1. The van der Waals surface area contributed by atoms with Gasteiger partial charge in [-0.1, -0.05) is 30.3 Å². The number of hydrogen-bond donors (Lipinski definition) is 1. The molecule has 2 nitrogen and oxygen atoms in total. The Morgan fingerprint density at radius 2 is 1.79 bits per heavy atom. The Labute approximate surface area is 116 Å². The van der Waals surface area contributed by atoms with E-state index in [1.165, 1.54) is 15.0 Å². The number of nitrogens with two attached hydrogens (primary N) is 1. The number of fused-ring (bicyclic) bond motifs is 1. The molecule has 1 heterocycles. The minimum atomic E-state index is -0.0803. The van der Waals surface area contributed by atoms with E-state index in [0.717, 1.165) is 11.3 Å². The molecule has 2 aromatic carbocycles. The number of ether oxygens (including phenoxy) is 1. The maximum atomic E-state index is 6.34. The summed E-state index contributed by atoms with van der Waals surface area (Å²) in [7, 11) is 1.67. The van der Waals surface area contributed by atoms with Crippen LogP contribution in [0.3, 0.4) is 0 Å². The molecule has 0 radical (unpaired) electrons. The molecule has 3 rings (SSSR count). The first-order chi connectivity index (χ1) is 9.28. The van der Waals surface area contributed by atoms with E-state index in [-0.39, 0.29) is 6.04 Å². The Kier molecular flexibility index (Phi) is 3.23. The van der Waals surface area contributed by atoms with Gasteiger partial charge in [0.25, 0.3) is 0 Å². The van der Waals surface area contributed by atoms with Gasteiger partial charge in [0, 0.05) is 9.58 Å². The monoisotopic (exact) mass is 269 g/mol. The lowest BCUT2D eigenvalue weighted by Gasteiger charge is -2.10. The third-order valence-electron chi connectivity index (χ3n) is 3.23. The fraction of sp³-hybridized carbons (Fsp3) is 0.125. The lowest BCUT2D eigenvalue weighted by molar-refractivity contribution is 0.414. The molecule has 0 aliphatic heterocycles. The first-order valence-corrected chi connectivity index (χ1v) is 6.97. The van der Waals surface area contributed by atoms with Gasteiger partial charge in [-0.3, -0.25) is 0 Å². The second-order valence-electron chi connectivity index (χ2n) is 4.44. The van der Waals surface area contributed by atoms with Crippen molar-refractivity contribution in [3.8, 4) is 5.75 Å². The highest BCUT2D eigenvalue weighted by Gasteiger charge is 2.12. The molecule has 0 aliphatic carbocycles. The topological polar surface area (TPSA) is 35.2 Å². The van der Waals surface area contributed by atoms with Crippen LogP contribution in [0.1, 0.15) is 16.5 Å². The molecule has 0 aliphatic rings. The number of hydrogen-bond acceptors (Lipinski definition) is 3. The summed E-state index contributed by atoms with van der Waals surface area (Å²) in [6.45, 7) is 0. The van der Waals surface area contributed by atoms with Crippen LogP contribution in [0.5, 0.6) is 5.75 Å². The molecule has 0 amide bonds. The Balaban J connectivity index is 1.95. The van der Waals surface area contributed by atoms with Gasteiger partial charge in [-0.2, -0.15) is 0 Å². The Bertz CT molecular complexity index is 654. The molecule has 0 saturated heterocycles. The van der Waals surface area contributed by atoms with E-state index < -0.39 is 0 Å². The van der Waals surface area contributed by atoms with Crippen molar-refractivity contribution in [3.05, 3.63) is 65.0 Å². The number of benzene rings is 2. The van der Waals surface area contributed by atoms with Gasteiger partial charge < -0.3 is 10.5 Å². The average Bonchev–Trinajstić information content (AvgIpc) is 2.90. The molecule has 1 unspecified atom stereocenters. The molecule has 3 aromatic rings. The molecular formula is C16H15NOS. The SMILES string of the molecule is COc1ccc(C(N)c2cc3ccccc3s2)cc1. The van der Waals surface area contributed by atoms with E-state index in [4.69, 9.17) is 10.5 Å². The predicted octanol–water partition coefficient (Wildman–Crippen LogP) is 3.96. The van der Waals surface area contributed by atoms with Crippen LogP contribution in [0.25, 0.3) is 10.1 Å². The molecule has 3 heteroatoms. The van der Waals surface area contributed by atoms with Gasteiger partial charge in [-0.05, 0) is 35.2 Å². The largest absolute Gasteiger partial charge is 0.497 e. The smallest absolute Gasteiger partial charge is 0.118 e. The molecule has 19 heavy (non-hydrogen) atoms. The molecule has 1 atom stereocenters. The summed E-state index contributed by atoms with van der Waals surface area (Å²) in [5.74, 6) is 0.854. The number of methoxy groups -OCH3 is 1. The van der Waals surface area contributed by atoms with Crippen molar-refractivity contribution in [3.63, 3.8) is 0 Å². The quantitative estimate of drug-likeness (QED) is 0.781. The minimum absolute atomic E-state index is 0.0803. The van der Waals surface area contributed by atoms with Crippen molar-refractivity contribution in [2.45, 2.75) is 6.04 Å². The third kappa shape index (κ3) is 2.35. The zero-order valence-corrected chi connectivity index (χ0v) is 11.5. The van der Waals surface area contributed by atoms with E-state index in [1.807, 2.05) is 24.3 Å². The van der Waals surface area contributed by atoms with Crippen LogP contribution in [0.4, 0.5) is 0 Å². The van der Waals surface area contributed by atoms with E-state index in [1.54, 1.807) is 18.4 Å². The lowest BCUT2D eigenvalue weighted by atomic mass is 10.1. The maximum Gasteiger partial charge on any atom is 0.118 e. The van der Waals surface area contributed by atoms with Crippen molar-refractivity contribution in [2.75, 3.05) is 7.11 Å². The summed E-state index contributed by atoms with van der Waals surface area (Å²) in [5.41, 5.74) is 7.45. The van der Waals surface area contributed by atoms with Crippen LogP contribution < -0.4 is 10.5 Å². The summed E-state index contributed by atoms with van der Waals surface area (Å²) in [6.07, 6.45) is 0. The van der Waals surface area contributed by atoms with E-state index in [0.29, 0.717) is 0 Å². The van der Waals surface area contributed by atoms with Crippen molar-refractivity contribution in [1.82, 2.24) is 0 Å². The van der Waals surface area contributed by atoms with Gasteiger partial charge in [-0.25, -0.2) is 0 Å². The second-order valence-corrected chi connectivity index (χ2v) is 5.55. The van der Waals surface area contributed by atoms with Crippen LogP contribution in [0.15, 0.2) is 54.6 Å². The van der Waals surface area contributed by atoms with E-state index in [9.17, 15) is 0 Å². The fourth-order valence-corrected chi connectivity index (χ4v) is 3.23. The van der Waals surface area contributed by atoms with Crippen LogP contribution in [0.2, 0.25) is 0 Å². The summed E-state index contributed by atoms with van der Waals surface area (Å²) in [6, 6.07) is 18.4. The van der Waals surface area contributed by atoms with Crippen molar-refractivity contribution in [2.24, 2.45) is 5.73 Å². The van der Waals surface area contributed by atoms with Gasteiger partial charge in [0.2, 0.25) is 0 Å². The van der Waals surface area contributed by atoms with Gasteiger partial charge >= 0.3 is 0 Å². The van der Waals surface area contributed by atoms with Gasteiger partial charge in [0.05, 0.1) is 13.2 Å². The van der Waals surface area contributed by atoms with Crippen LogP contribution >= 0.6 is 11.3 Å². The Morgan fingerprint density at radius 3 is 2.47 bits per heavy atom. The molecular weight excluding hydrogens is 254 g/mol. The molecule has 0 saturated carbocycles. The highest BCUT2D eigenvalue weighted by molar-refractivity contribution is 7.19. The van der Waals surface area contributed by atoms with Crippen LogP contribution in [-0.4, -0.2) is 7.11 Å². The first kappa shape index (κ1) is 12.2. The summed E-state index contributed by atoms with van der Waals surface area (Å²) in [5, 5.41) is 1.26. The zero-order chi connectivity index (χ0) is 13.2. The second kappa shape index (κ2) is 5.03. The molecule has 0 spiro atoms. The number of thiophene rings is 1. The fourth-order valence-electron chi connectivity index (χ4n) is 2.13. The molecule has 0 fully saturated rings. The summed E-state index contributed by atoms with van der Waals surface area (Å²) >= 11 is 1.75. The molecule has 1 aromatic heterocycles. The molecule has 0 bridgehead atoms. The average molecular weight is 269 g/mol. The van der Waals surface area contributed by atoms with E-state index in [2.05, 4.69) is 30.3 Å². The van der Waals surface area contributed by atoms with Crippen molar-refractivity contribution >= 4 is 21.4 Å². The van der Waals surface area contributed by atoms with E-state index >= 15 is 0 Å². The summed E-state index contributed by atoms with van der Waals surface area (Å²) in [4.78, 5) is 1.19. The number of rotatable bonds is 3. The maximum absolute atomic E-state index is 6.34. The highest BCUT2D eigenvalue weighted by Crippen LogP contribution is 2.32. The van der Waals surface area contributed by atoms with Crippen LogP contribution in [-0.2, 0) is 0 Å². The zero-order valence-electron chi connectivity index (χ0n) is 10.7. The van der Waals surface area contributed by atoms with Crippen molar-refractivity contribution in [1.29, 1.82) is 0 Å². The molecule has 2 N–H and O–H groups in total. The third-order valence-corrected chi connectivity index (χ3v) is 4.43. The molecule has 96 valence electrons. The van der Waals surface area contributed by atoms with Crippen LogP contribution in [0, 0.1) is 0 Å². The Morgan fingerprint density at radius 1 is 1.05 bits per heavy atom. The predicted molar refractivity (Wildman–Crippen MR) is 80.8 cm³/mol. The normalized spacial score (nSPS) is 12.5.